The molecule has 1 atom stereocenters. The van der Waals surface area contributed by atoms with E-state index in [0.29, 0.717) is 6.04 Å². The average molecular weight is 279 g/mol. The molecule has 6 heteroatoms. The van der Waals surface area contributed by atoms with Crippen LogP contribution in [-0.4, -0.2) is 25.9 Å². The van der Waals surface area contributed by atoms with Gasteiger partial charge in [0.25, 0.3) is 0 Å². The monoisotopic (exact) mass is 279 g/mol. The molecule has 2 rings (SSSR count). The van der Waals surface area contributed by atoms with Crippen LogP contribution in [0.15, 0.2) is 12.4 Å². The predicted molar refractivity (Wildman–Crippen MR) is 77.2 cm³/mol. The lowest BCUT2D eigenvalue weighted by atomic mass is 10.0. The molecule has 0 aliphatic carbocycles. The maximum absolute atomic E-state index is 4.21. The van der Waals surface area contributed by atoms with Crippen molar-refractivity contribution in [2.24, 2.45) is 7.05 Å². The van der Waals surface area contributed by atoms with E-state index in [4.69, 9.17) is 0 Å². The standard InChI is InChI=1S/C13H21N5S/c1-4-11-13(19-17-16-11)12(14-5-2)7-6-10-8-15-18(3)9-10/h8-9,12,14H,4-7H2,1-3H3. The van der Waals surface area contributed by atoms with Gasteiger partial charge in [-0.1, -0.05) is 18.3 Å². The van der Waals surface area contributed by atoms with E-state index < -0.39 is 0 Å². The lowest BCUT2D eigenvalue weighted by molar-refractivity contribution is 0.518. The third kappa shape index (κ3) is 3.61. The Labute approximate surface area is 118 Å². The summed E-state index contributed by atoms with van der Waals surface area (Å²) in [6.45, 7) is 5.22. The van der Waals surface area contributed by atoms with Crippen molar-refractivity contribution in [1.82, 2.24) is 24.7 Å². The van der Waals surface area contributed by atoms with Crippen LogP contribution in [0.2, 0.25) is 0 Å². The number of nitrogens with one attached hydrogen (secondary N) is 1. The van der Waals surface area contributed by atoms with E-state index in [-0.39, 0.29) is 0 Å². The molecule has 0 saturated carbocycles. The molecule has 0 aliphatic heterocycles. The summed E-state index contributed by atoms with van der Waals surface area (Å²) >= 11 is 1.52. The van der Waals surface area contributed by atoms with Crippen molar-refractivity contribution in [2.45, 2.75) is 39.2 Å². The largest absolute Gasteiger partial charge is 0.309 e. The molecule has 2 aromatic heterocycles. The molecule has 1 N–H and O–H groups in total. The van der Waals surface area contributed by atoms with E-state index in [1.807, 2.05) is 17.9 Å². The molecule has 104 valence electrons. The predicted octanol–water partition coefficient (Wildman–Crippen LogP) is 2.12. The smallest absolute Gasteiger partial charge is 0.0800 e. The van der Waals surface area contributed by atoms with Gasteiger partial charge >= 0.3 is 0 Å². The van der Waals surface area contributed by atoms with Gasteiger partial charge in [-0.3, -0.25) is 4.68 Å². The summed E-state index contributed by atoms with van der Waals surface area (Å²) in [5.41, 5.74) is 2.41. The van der Waals surface area contributed by atoms with Crippen LogP contribution in [0.4, 0.5) is 0 Å². The second-order valence-electron chi connectivity index (χ2n) is 4.61. The normalized spacial score (nSPS) is 12.8. The Bertz CT molecular complexity index is 505. The van der Waals surface area contributed by atoms with Gasteiger partial charge in [0.15, 0.2) is 0 Å². The minimum absolute atomic E-state index is 0.347. The molecule has 0 spiro atoms. The SMILES string of the molecule is CCNC(CCc1cnn(C)c1)c1snnc1CC. The van der Waals surface area contributed by atoms with Crippen molar-refractivity contribution >= 4 is 11.5 Å². The first kappa shape index (κ1) is 14.1. The van der Waals surface area contributed by atoms with Gasteiger partial charge in [-0.05, 0) is 42.9 Å². The zero-order valence-corrected chi connectivity index (χ0v) is 12.6. The second kappa shape index (κ2) is 6.77. The molecule has 0 saturated heterocycles. The Morgan fingerprint density at radius 2 is 2.26 bits per heavy atom. The van der Waals surface area contributed by atoms with E-state index in [9.17, 15) is 0 Å². The topological polar surface area (TPSA) is 55.6 Å². The number of aromatic nitrogens is 4. The van der Waals surface area contributed by atoms with Gasteiger partial charge < -0.3 is 5.32 Å². The summed E-state index contributed by atoms with van der Waals surface area (Å²) < 4.78 is 5.94. The molecule has 0 bridgehead atoms. The van der Waals surface area contributed by atoms with E-state index >= 15 is 0 Å². The maximum atomic E-state index is 4.21. The van der Waals surface area contributed by atoms with Crippen LogP contribution < -0.4 is 5.32 Å². The molecule has 2 heterocycles. The van der Waals surface area contributed by atoms with Crippen LogP contribution >= 0.6 is 11.5 Å². The van der Waals surface area contributed by atoms with Gasteiger partial charge in [0.2, 0.25) is 0 Å². The molecule has 0 fully saturated rings. The first-order chi connectivity index (χ1) is 9.24. The molecule has 0 aromatic carbocycles. The van der Waals surface area contributed by atoms with Crippen LogP contribution in [-0.2, 0) is 19.9 Å². The highest BCUT2D eigenvalue weighted by Crippen LogP contribution is 2.25. The minimum Gasteiger partial charge on any atom is -0.309 e. The third-order valence-corrected chi connectivity index (χ3v) is 4.05. The zero-order chi connectivity index (χ0) is 13.7. The second-order valence-corrected chi connectivity index (χ2v) is 5.39. The van der Waals surface area contributed by atoms with Gasteiger partial charge in [-0.25, -0.2) is 0 Å². The molecular weight excluding hydrogens is 258 g/mol. The maximum Gasteiger partial charge on any atom is 0.0800 e. The fraction of sp³-hybridized carbons (Fsp3) is 0.615. The molecule has 1 unspecified atom stereocenters. The van der Waals surface area contributed by atoms with Gasteiger partial charge in [-0.2, -0.15) is 5.10 Å². The van der Waals surface area contributed by atoms with Crippen molar-refractivity contribution in [1.29, 1.82) is 0 Å². The molecule has 0 radical (unpaired) electrons. The highest BCUT2D eigenvalue weighted by Gasteiger charge is 2.17. The summed E-state index contributed by atoms with van der Waals surface area (Å²) in [5, 5.41) is 12.0. The molecule has 5 nitrogen and oxygen atoms in total. The summed E-state index contributed by atoms with van der Waals surface area (Å²) in [5.74, 6) is 0. The summed E-state index contributed by atoms with van der Waals surface area (Å²) in [6.07, 6.45) is 7.03. The van der Waals surface area contributed by atoms with Crippen molar-refractivity contribution in [3.8, 4) is 0 Å². The van der Waals surface area contributed by atoms with E-state index in [1.165, 1.54) is 22.0 Å². The Kier molecular flexibility index (Phi) is 5.04. The highest BCUT2D eigenvalue weighted by molar-refractivity contribution is 7.05. The highest BCUT2D eigenvalue weighted by atomic mass is 32.1. The van der Waals surface area contributed by atoms with Crippen molar-refractivity contribution in [3.05, 3.63) is 28.5 Å². The van der Waals surface area contributed by atoms with Crippen LogP contribution in [0.5, 0.6) is 0 Å². The summed E-state index contributed by atoms with van der Waals surface area (Å²) in [4.78, 5) is 1.29. The Hall–Kier alpha value is -1.27. The lowest BCUT2D eigenvalue weighted by Gasteiger charge is -2.16. The first-order valence-corrected chi connectivity index (χ1v) is 7.54. The van der Waals surface area contributed by atoms with Gasteiger partial charge in [0.1, 0.15) is 0 Å². The zero-order valence-electron chi connectivity index (χ0n) is 11.8. The Morgan fingerprint density at radius 3 is 2.89 bits per heavy atom. The van der Waals surface area contributed by atoms with Crippen molar-refractivity contribution in [2.75, 3.05) is 6.54 Å². The number of rotatable bonds is 7. The number of nitrogens with zero attached hydrogens (tertiary/aromatic N) is 4. The molecular formula is C13H21N5S. The van der Waals surface area contributed by atoms with Crippen molar-refractivity contribution < 1.29 is 0 Å². The first-order valence-electron chi connectivity index (χ1n) is 6.76. The third-order valence-electron chi connectivity index (χ3n) is 3.17. The van der Waals surface area contributed by atoms with Gasteiger partial charge in [0, 0.05) is 19.3 Å². The quantitative estimate of drug-likeness (QED) is 0.843. The Balaban J connectivity index is 2.03. The fourth-order valence-electron chi connectivity index (χ4n) is 2.21. The van der Waals surface area contributed by atoms with Crippen LogP contribution in [0.1, 0.15) is 42.4 Å². The number of hydrogen-bond donors (Lipinski definition) is 1. The summed E-state index contributed by atoms with van der Waals surface area (Å²) in [7, 11) is 1.95. The fourth-order valence-corrected chi connectivity index (χ4v) is 3.06. The molecule has 2 aromatic rings. The van der Waals surface area contributed by atoms with E-state index in [1.54, 1.807) is 0 Å². The molecule has 0 aliphatic rings. The van der Waals surface area contributed by atoms with E-state index in [0.717, 1.165) is 31.5 Å². The Morgan fingerprint density at radius 1 is 1.42 bits per heavy atom. The number of hydrogen-bond acceptors (Lipinski definition) is 5. The van der Waals surface area contributed by atoms with Crippen LogP contribution in [0.3, 0.4) is 0 Å². The average Bonchev–Trinajstić information content (AvgIpc) is 3.03. The molecule has 0 amide bonds. The van der Waals surface area contributed by atoms with E-state index in [2.05, 4.69) is 40.0 Å². The lowest BCUT2D eigenvalue weighted by Crippen LogP contribution is -2.21. The van der Waals surface area contributed by atoms with Crippen molar-refractivity contribution in [3.63, 3.8) is 0 Å². The summed E-state index contributed by atoms with van der Waals surface area (Å²) in [6, 6.07) is 0.347. The van der Waals surface area contributed by atoms with Crippen LogP contribution in [0.25, 0.3) is 0 Å². The van der Waals surface area contributed by atoms with Crippen LogP contribution in [0, 0.1) is 0 Å². The minimum atomic E-state index is 0.347. The molecule has 19 heavy (non-hydrogen) atoms. The van der Waals surface area contributed by atoms with Gasteiger partial charge in [-0.15, -0.1) is 5.10 Å². The van der Waals surface area contributed by atoms with Gasteiger partial charge in [0.05, 0.1) is 16.8 Å². The number of aryl methyl sites for hydroxylation is 3.